The topological polar surface area (TPSA) is 29.3 Å². The van der Waals surface area contributed by atoms with Gasteiger partial charge in [-0.05, 0) is 58.3 Å². The van der Waals surface area contributed by atoms with Gasteiger partial charge in [-0.25, -0.2) is 0 Å². The minimum Gasteiger partial charge on any atom is -0.326 e. The highest BCUT2D eigenvalue weighted by Crippen LogP contribution is 2.16. The average Bonchev–Trinajstić information content (AvgIpc) is 2.26. The molecule has 18 heavy (non-hydrogen) atoms. The van der Waals surface area contributed by atoms with Gasteiger partial charge in [0.05, 0.1) is 0 Å². The summed E-state index contributed by atoms with van der Waals surface area (Å²) in [5.74, 6) is 0. The Morgan fingerprint density at radius 2 is 1.89 bits per heavy atom. The summed E-state index contributed by atoms with van der Waals surface area (Å²) in [7, 11) is 2.18. The fourth-order valence-electron chi connectivity index (χ4n) is 1.93. The van der Waals surface area contributed by atoms with Gasteiger partial charge in [0.1, 0.15) is 0 Å². The van der Waals surface area contributed by atoms with Crippen molar-refractivity contribution in [2.24, 2.45) is 5.73 Å². The number of benzene rings is 1. The van der Waals surface area contributed by atoms with Crippen molar-refractivity contribution in [1.29, 1.82) is 0 Å². The maximum atomic E-state index is 5.98. The maximum absolute atomic E-state index is 5.98. The van der Waals surface area contributed by atoms with Crippen LogP contribution < -0.4 is 5.73 Å². The van der Waals surface area contributed by atoms with Crippen molar-refractivity contribution >= 4 is 15.9 Å². The van der Waals surface area contributed by atoms with Gasteiger partial charge in [0.2, 0.25) is 0 Å². The summed E-state index contributed by atoms with van der Waals surface area (Å²) in [6, 6.07) is 8.44. The van der Waals surface area contributed by atoms with Crippen molar-refractivity contribution < 1.29 is 0 Å². The second-order valence-corrected chi connectivity index (χ2v) is 6.59. The average molecular weight is 313 g/mol. The fraction of sp³-hybridized carbons (Fsp3) is 0.600. The molecule has 0 spiro atoms. The SMILES string of the molecule is CN(CCCC(C)(C)N)CCc1ccccc1Br. The van der Waals surface area contributed by atoms with Crippen molar-refractivity contribution in [3.8, 4) is 0 Å². The smallest absolute Gasteiger partial charge is 0.0207 e. The minimum atomic E-state index is -0.0384. The van der Waals surface area contributed by atoms with Crippen LogP contribution in [0, 0.1) is 0 Å². The summed E-state index contributed by atoms with van der Waals surface area (Å²) in [6.07, 6.45) is 3.33. The summed E-state index contributed by atoms with van der Waals surface area (Å²) in [4.78, 5) is 2.38. The van der Waals surface area contributed by atoms with Gasteiger partial charge >= 0.3 is 0 Å². The van der Waals surface area contributed by atoms with Crippen LogP contribution in [0.15, 0.2) is 28.7 Å². The number of nitrogens with zero attached hydrogens (tertiary/aromatic N) is 1. The van der Waals surface area contributed by atoms with Crippen LogP contribution in [0.2, 0.25) is 0 Å². The first-order chi connectivity index (χ1) is 8.38. The van der Waals surface area contributed by atoms with Gasteiger partial charge in [-0.3, -0.25) is 0 Å². The zero-order valence-corrected chi connectivity index (χ0v) is 13.3. The third-order valence-corrected chi connectivity index (χ3v) is 3.86. The number of hydrogen-bond donors (Lipinski definition) is 1. The molecule has 0 aliphatic carbocycles. The first-order valence-electron chi connectivity index (χ1n) is 6.59. The van der Waals surface area contributed by atoms with Crippen molar-refractivity contribution in [1.82, 2.24) is 4.90 Å². The molecular formula is C15H25BrN2. The largest absolute Gasteiger partial charge is 0.326 e. The van der Waals surface area contributed by atoms with Gasteiger partial charge < -0.3 is 10.6 Å². The van der Waals surface area contributed by atoms with E-state index in [4.69, 9.17) is 5.73 Å². The number of hydrogen-bond acceptors (Lipinski definition) is 2. The molecule has 0 fully saturated rings. The van der Waals surface area contributed by atoms with Crippen LogP contribution in [-0.2, 0) is 6.42 Å². The first-order valence-corrected chi connectivity index (χ1v) is 7.38. The lowest BCUT2D eigenvalue weighted by molar-refractivity contribution is 0.312. The van der Waals surface area contributed by atoms with Gasteiger partial charge in [0, 0.05) is 16.6 Å². The molecule has 0 atom stereocenters. The third-order valence-electron chi connectivity index (χ3n) is 3.08. The summed E-state index contributed by atoms with van der Waals surface area (Å²) in [6.45, 7) is 6.39. The van der Waals surface area contributed by atoms with E-state index in [1.165, 1.54) is 10.0 Å². The normalized spacial score (nSPS) is 12.1. The number of rotatable bonds is 7. The van der Waals surface area contributed by atoms with Crippen LogP contribution >= 0.6 is 15.9 Å². The molecule has 2 N–H and O–H groups in total. The van der Waals surface area contributed by atoms with Crippen molar-refractivity contribution in [3.63, 3.8) is 0 Å². The summed E-state index contributed by atoms with van der Waals surface area (Å²) < 4.78 is 1.21. The van der Waals surface area contributed by atoms with Gasteiger partial charge in [-0.15, -0.1) is 0 Å². The number of likely N-dealkylation sites (N-methyl/N-ethyl adjacent to an activating group) is 1. The quantitative estimate of drug-likeness (QED) is 0.835. The minimum absolute atomic E-state index is 0.0384. The van der Waals surface area contributed by atoms with E-state index in [0.29, 0.717) is 0 Å². The molecule has 0 saturated heterocycles. The molecule has 0 bridgehead atoms. The Bertz CT molecular complexity index is 358. The summed E-state index contributed by atoms with van der Waals surface area (Å²) in [5.41, 5.74) is 7.32. The molecule has 0 heterocycles. The van der Waals surface area contributed by atoms with Crippen LogP contribution in [-0.4, -0.2) is 30.6 Å². The molecule has 102 valence electrons. The Morgan fingerprint density at radius 1 is 1.22 bits per heavy atom. The molecule has 0 aliphatic heterocycles. The zero-order chi connectivity index (χ0) is 13.6. The van der Waals surface area contributed by atoms with Crippen LogP contribution in [0.25, 0.3) is 0 Å². The standard InChI is InChI=1S/C15H25BrN2/c1-15(2,17)10-6-11-18(3)12-9-13-7-4-5-8-14(13)16/h4-5,7-8H,6,9-12,17H2,1-3H3. The highest BCUT2D eigenvalue weighted by atomic mass is 79.9. The number of halogens is 1. The van der Waals surface area contributed by atoms with E-state index in [9.17, 15) is 0 Å². The van der Waals surface area contributed by atoms with Gasteiger partial charge in [-0.2, -0.15) is 0 Å². The summed E-state index contributed by atoms with van der Waals surface area (Å²) >= 11 is 3.59. The second kappa shape index (κ2) is 7.27. The van der Waals surface area contributed by atoms with Gasteiger partial charge in [0.25, 0.3) is 0 Å². The predicted molar refractivity (Wildman–Crippen MR) is 82.8 cm³/mol. The van der Waals surface area contributed by atoms with Crippen LogP contribution in [0.1, 0.15) is 32.3 Å². The Morgan fingerprint density at radius 3 is 2.50 bits per heavy atom. The molecule has 0 aliphatic rings. The molecule has 0 amide bonds. The molecule has 0 aromatic heterocycles. The Balaban J connectivity index is 2.25. The lowest BCUT2D eigenvalue weighted by atomic mass is 10.00. The molecule has 0 unspecified atom stereocenters. The fourth-order valence-corrected chi connectivity index (χ4v) is 2.41. The molecule has 3 heteroatoms. The van der Waals surface area contributed by atoms with Crippen molar-refractivity contribution in [2.45, 2.75) is 38.6 Å². The monoisotopic (exact) mass is 312 g/mol. The first kappa shape index (κ1) is 15.7. The Labute approximate surface area is 120 Å². The molecule has 1 aromatic carbocycles. The Hall–Kier alpha value is -0.380. The van der Waals surface area contributed by atoms with Crippen molar-refractivity contribution in [3.05, 3.63) is 34.3 Å². The van der Waals surface area contributed by atoms with Crippen LogP contribution in [0.5, 0.6) is 0 Å². The van der Waals surface area contributed by atoms with E-state index >= 15 is 0 Å². The lowest BCUT2D eigenvalue weighted by Crippen LogP contribution is -2.33. The number of nitrogens with two attached hydrogens (primary N) is 1. The van der Waals surface area contributed by atoms with E-state index in [0.717, 1.165) is 32.4 Å². The third kappa shape index (κ3) is 6.53. The lowest BCUT2D eigenvalue weighted by Gasteiger charge is -2.21. The van der Waals surface area contributed by atoms with Crippen molar-refractivity contribution in [2.75, 3.05) is 20.1 Å². The van der Waals surface area contributed by atoms with Gasteiger partial charge in [0.15, 0.2) is 0 Å². The molecular weight excluding hydrogens is 288 g/mol. The van der Waals surface area contributed by atoms with E-state index in [1.54, 1.807) is 0 Å². The van der Waals surface area contributed by atoms with Gasteiger partial charge in [-0.1, -0.05) is 34.1 Å². The highest BCUT2D eigenvalue weighted by molar-refractivity contribution is 9.10. The van der Waals surface area contributed by atoms with E-state index in [1.807, 2.05) is 0 Å². The van der Waals surface area contributed by atoms with Crippen LogP contribution in [0.3, 0.4) is 0 Å². The highest BCUT2D eigenvalue weighted by Gasteiger charge is 2.10. The second-order valence-electron chi connectivity index (χ2n) is 5.74. The summed E-state index contributed by atoms with van der Waals surface area (Å²) in [5, 5.41) is 0. The Kier molecular flexibility index (Phi) is 6.33. The molecule has 1 aromatic rings. The zero-order valence-electron chi connectivity index (χ0n) is 11.7. The van der Waals surface area contributed by atoms with E-state index in [2.05, 4.69) is 66.0 Å². The van der Waals surface area contributed by atoms with E-state index in [-0.39, 0.29) is 5.54 Å². The van der Waals surface area contributed by atoms with E-state index < -0.39 is 0 Å². The molecule has 2 nitrogen and oxygen atoms in total. The molecule has 0 radical (unpaired) electrons. The molecule has 1 rings (SSSR count). The molecule has 0 saturated carbocycles. The van der Waals surface area contributed by atoms with Crippen LogP contribution in [0.4, 0.5) is 0 Å². The maximum Gasteiger partial charge on any atom is 0.0207 e. The predicted octanol–water partition coefficient (Wildman–Crippen LogP) is 3.44.